The van der Waals surface area contributed by atoms with Gasteiger partial charge in [0.2, 0.25) is 5.91 Å². The Kier molecular flexibility index (Phi) is 4.04. The third-order valence-corrected chi connectivity index (χ3v) is 2.97. The van der Waals surface area contributed by atoms with Crippen molar-refractivity contribution in [1.82, 2.24) is 4.84 Å². The molecule has 0 spiro atoms. The maximum Gasteiger partial charge on any atom is 0.414 e. The zero-order valence-electron chi connectivity index (χ0n) is 9.69. The van der Waals surface area contributed by atoms with Gasteiger partial charge in [-0.2, -0.15) is 0 Å². The molecule has 1 N–H and O–H groups in total. The summed E-state index contributed by atoms with van der Waals surface area (Å²) in [5.74, 6) is -0.205. The van der Waals surface area contributed by atoms with Gasteiger partial charge in [0, 0.05) is 23.9 Å². The fourth-order valence-corrected chi connectivity index (χ4v) is 1.87. The number of hydrogen-bond donors (Lipinski definition) is 1. The van der Waals surface area contributed by atoms with Gasteiger partial charge in [-0.1, -0.05) is 12.1 Å². The Labute approximate surface area is 110 Å². The highest BCUT2D eigenvalue weighted by atomic mass is 35.5. The molecule has 5 nitrogen and oxygen atoms in total. The standard InChI is InChI=1S/C12H13ClN2O3/c13-14-11(16)6-3-9-1-4-10(5-2-9)15-7-8-18-12(15)17/h1-2,4-5H,3,6-8H2,(H,14,16). The van der Waals surface area contributed by atoms with Crippen molar-refractivity contribution in [3.05, 3.63) is 29.8 Å². The molecular formula is C12H13ClN2O3. The van der Waals surface area contributed by atoms with Crippen LogP contribution in [0.25, 0.3) is 0 Å². The van der Waals surface area contributed by atoms with Crippen LogP contribution in [-0.4, -0.2) is 25.2 Å². The van der Waals surface area contributed by atoms with E-state index in [0.29, 0.717) is 26.0 Å². The first-order valence-electron chi connectivity index (χ1n) is 5.63. The molecule has 0 bridgehead atoms. The predicted molar refractivity (Wildman–Crippen MR) is 67.5 cm³/mol. The van der Waals surface area contributed by atoms with E-state index >= 15 is 0 Å². The number of anilines is 1. The van der Waals surface area contributed by atoms with E-state index in [1.54, 1.807) is 4.90 Å². The van der Waals surface area contributed by atoms with Crippen LogP contribution in [0, 0.1) is 0 Å². The van der Waals surface area contributed by atoms with E-state index in [1.165, 1.54) is 0 Å². The predicted octanol–water partition coefficient (Wildman–Crippen LogP) is 1.85. The lowest BCUT2D eigenvalue weighted by Crippen LogP contribution is -2.23. The SMILES string of the molecule is O=C(CCc1ccc(N2CCOC2=O)cc1)NCl. The van der Waals surface area contributed by atoms with Crippen molar-refractivity contribution in [3.8, 4) is 0 Å². The number of ether oxygens (including phenoxy) is 1. The van der Waals surface area contributed by atoms with Crippen molar-refractivity contribution in [2.75, 3.05) is 18.1 Å². The summed E-state index contributed by atoms with van der Waals surface area (Å²) in [6, 6.07) is 7.48. The van der Waals surface area contributed by atoms with E-state index in [1.807, 2.05) is 24.3 Å². The molecule has 6 heteroatoms. The number of carbonyl (C=O) groups excluding carboxylic acids is 2. The highest BCUT2D eigenvalue weighted by molar-refractivity contribution is 6.21. The molecule has 0 aromatic heterocycles. The maximum atomic E-state index is 11.3. The third kappa shape index (κ3) is 2.92. The lowest BCUT2D eigenvalue weighted by atomic mass is 10.1. The topological polar surface area (TPSA) is 58.6 Å². The van der Waals surface area contributed by atoms with E-state index in [4.69, 9.17) is 16.5 Å². The Morgan fingerprint density at radius 3 is 2.67 bits per heavy atom. The summed E-state index contributed by atoms with van der Waals surface area (Å²) in [6.45, 7) is 1.00. The zero-order chi connectivity index (χ0) is 13.0. The number of carbonyl (C=O) groups is 2. The van der Waals surface area contributed by atoms with Gasteiger partial charge in [0.05, 0.1) is 6.54 Å². The number of aryl methyl sites for hydroxylation is 1. The Morgan fingerprint density at radius 2 is 2.11 bits per heavy atom. The van der Waals surface area contributed by atoms with Crippen molar-refractivity contribution < 1.29 is 14.3 Å². The molecule has 0 unspecified atom stereocenters. The van der Waals surface area contributed by atoms with Crippen LogP contribution in [0.15, 0.2) is 24.3 Å². The highest BCUT2D eigenvalue weighted by Crippen LogP contribution is 2.19. The molecule has 1 aliphatic heterocycles. The number of cyclic esters (lactones) is 1. The molecule has 1 aromatic rings. The van der Waals surface area contributed by atoms with Crippen LogP contribution in [0.3, 0.4) is 0 Å². The van der Waals surface area contributed by atoms with Crippen LogP contribution in [0.4, 0.5) is 10.5 Å². The Morgan fingerprint density at radius 1 is 1.39 bits per heavy atom. The third-order valence-electron chi connectivity index (χ3n) is 2.75. The van der Waals surface area contributed by atoms with E-state index in [2.05, 4.69) is 4.84 Å². The number of halogens is 1. The first kappa shape index (κ1) is 12.7. The molecule has 1 heterocycles. The summed E-state index contributed by atoms with van der Waals surface area (Å²) in [7, 11) is 0. The molecule has 2 rings (SSSR count). The number of amides is 2. The van der Waals surface area contributed by atoms with Crippen LogP contribution in [0.1, 0.15) is 12.0 Å². The molecule has 0 radical (unpaired) electrons. The van der Waals surface area contributed by atoms with E-state index in [-0.39, 0.29) is 12.0 Å². The average Bonchev–Trinajstić information content (AvgIpc) is 2.83. The van der Waals surface area contributed by atoms with Crippen LogP contribution in [-0.2, 0) is 16.0 Å². The van der Waals surface area contributed by atoms with Gasteiger partial charge in [-0.3, -0.25) is 14.5 Å². The fraction of sp³-hybridized carbons (Fsp3) is 0.333. The molecular weight excluding hydrogens is 256 g/mol. The Hall–Kier alpha value is -1.75. The van der Waals surface area contributed by atoms with Crippen molar-refractivity contribution in [2.24, 2.45) is 0 Å². The second-order valence-electron chi connectivity index (χ2n) is 3.95. The van der Waals surface area contributed by atoms with Gasteiger partial charge in [-0.25, -0.2) is 4.79 Å². The van der Waals surface area contributed by atoms with Crippen LogP contribution in [0.2, 0.25) is 0 Å². The lowest BCUT2D eigenvalue weighted by molar-refractivity contribution is -0.119. The number of nitrogens with one attached hydrogen (secondary N) is 1. The number of hydrogen-bond acceptors (Lipinski definition) is 3. The van der Waals surface area contributed by atoms with Crippen molar-refractivity contribution in [3.63, 3.8) is 0 Å². The van der Waals surface area contributed by atoms with Gasteiger partial charge in [0.15, 0.2) is 0 Å². The van der Waals surface area contributed by atoms with Crippen LogP contribution in [0.5, 0.6) is 0 Å². The minimum absolute atomic E-state index is 0.205. The van der Waals surface area contributed by atoms with Gasteiger partial charge >= 0.3 is 6.09 Å². The smallest absolute Gasteiger partial charge is 0.414 e. The highest BCUT2D eigenvalue weighted by Gasteiger charge is 2.23. The molecule has 1 fully saturated rings. The monoisotopic (exact) mass is 268 g/mol. The summed E-state index contributed by atoms with van der Waals surface area (Å²) in [6.07, 6.45) is 0.641. The second kappa shape index (κ2) is 5.73. The largest absolute Gasteiger partial charge is 0.447 e. The van der Waals surface area contributed by atoms with Crippen molar-refractivity contribution >= 4 is 29.5 Å². The van der Waals surface area contributed by atoms with Gasteiger partial charge in [0.1, 0.15) is 6.61 Å². The summed E-state index contributed by atoms with van der Waals surface area (Å²) in [4.78, 5) is 26.0. The minimum atomic E-state index is -0.315. The number of benzene rings is 1. The summed E-state index contributed by atoms with van der Waals surface area (Å²) in [5.41, 5.74) is 1.83. The van der Waals surface area contributed by atoms with Gasteiger partial charge in [0.25, 0.3) is 0 Å². The molecule has 0 atom stereocenters. The Balaban J connectivity index is 1.97. The van der Waals surface area contributed by atoms with Crippen LogP contribution < -0.4 is 9.74 Å². The van der Waals surface area contributed by atoms with E-state index in [9.17, 15) is 9.59 Å². The minimum Gasteiger partial charge on any atom is -0.447 e. The van der Waals surface area contributed by atoms with Gasteiger partial charge in [-0.05, 0) is 24.1 Å². The molecule has 0 aliphatic carbocycles. The Bertz CT molecular complexity index is 447. The van der Waals surface area contributed by atoms with Gasteiger partial charge < -0.3 is 4.74 Å². The molecule has 0 saturated carbocycles. The van der Waals surface area contributed by atoms with Crippen LogP contribution >= 0.6 is 11.8 Å². The molecule has 1 aromatic carbocycles. The molecule has 96 valence electrons. The first-order valence-corrected chi connectivity index (χ1v) is 6.01. The second-order valence-corrected chi connectivity index (χ2v) is 4.14. The summed E-state index contributed by atoms with van der Waals surface area (Å²) >= 11 is 5.19. The molecule has 1 saturated heterocycles. The normalized spacial score (nSPS) is 14.5. The quantitative estimate of drug-likeness (QED) is 0.848. The van der Waals surface area contributed by atoms with Crippen molar-refractivity contribution in [1.29, 1.82) is 0 Å². The number of rotatable bonds is 4. The van der Waals surface area contributed by atoms with Gasteiger partial charge in [-0.15, -0.1) is 0 Å². The molecule has 1 aliphatic rings. The van der Waals surface area contributed by atoms with E-state index < -0.39 is 0 Å². The maximum absolute atomic E-state index is 11.3. The van der Waals surface area contributed by atoms with Crippen molar-refractivity contribution in [2.45, 2.75) is 12.8 Å². The summed E-state index contributed by atoms with van der Waals surface area (Å²) < 4.78 is 4.86. The first-order chi connectivity index (χ1) is 8.70. The van der Waals surface area contributed by atoms with E-state index in [0.717, 1.165) is 11.3 Å². The summed E-state index contributed by atoms with van der Waals surface area (Å²) in [5, 5.41) is 0. The molecule has 2 amide bonds. The number of nitrogens with zero attached hydrogens (tertiary/aromatic N) is 1. The fourth-order valence-electron chi connectivity index (χ4n) is 1.78. The molecule has 18 heavy (non-hydrogen) atoms. The zero-order valence-corrected chi connectivity index (χ0v) is 10.4. The average molecular weight is 269 g/mol. The lowest BCUT2D eigenvalue weighted by Gasteiger charge is -2.12.